The Hall–Kier alpha value is 0.230. The first-order chi connectivity index (χ1) is 5.90. The normalized spacial score (nSPS) is 11.9. The molecule has 0 fully saturated rings. The second-order valence-electron chi connectivity index (χ2n) is 2.65. The van der Waals surface area contributed by atoms with Crippen LogP contribution in [0.1, 0.15) is 10.4 Å². The van der Waals surface area contributed by atoms with Crippen LogP contribution in [0, 0.1) is 6.92 Å². The summed E-state index contributed by atoms with van der Waals surface area (Å²) in [6, 6.07) is 0. The van der Waals surface area contributed by atoms with Gasteiger partial charge in [0.05, 0.1) is 10.8 Å². The van der Waals surface area contributed by atoms with Crippen molar-refractivity contribution in [1.82, 2.24) is 0 Å². The molecule has 0 saturated heterocycles. The van der Waals surface area contributed by atoms with E-state index in [2.05, 4.69) is 0 Å². The predicted molar refractivity (Wildman–Crippen MR) is 57.4 cm³/mol. The van der Waals surface area contributed by atoms with Crippen molar-refractivity contribution in [3.8, 4) is 0 Å². The molecular formula is C7H8Cl2O2S2. The Balaban J connectivity index is 2.71. The van der Waals surface area contributed by atoms with Crippen molar-refractivity contribution in [3.63, 3.8) is 0 Å². The van der Waals surface area contributed by atoms with Gasteiger partial charge in [0.15, 0.2) is 0 Å². The zero-order valence-electron chi connectivity index (χ0n) is 6.88. The van der Waals surface area contributed by atoms with E-state index >= 15 is 0 Å². The van der Waals surface area contributed by atoms with Crippen molar-refractivity contribution in [3.05, 3.63) is 20.8 Å². The minimum Gasteiger partial charge on any atom is -0.212 e. The van der Waals surface area contributed by atoms with Gasteiger partial charge in [-0.1, -0.05) is 11.6 Å². The van der Waals surface area contributed by atoms with Crippen LogP contribution in [0.3, 0.4) is 0 Å². The van der Waals surface area contributed by atoms with E-state index in [1.807, 2.05) is 12.3 Å². The average molecular weight is 259 g/mol. The lowest BCUT2D eigenvalue weighted by atomic mass is 10.3. The molecule has 1 aromatic rings. The quantitative estimate of drug-likeness (QED) is 0.782. The van der Waals surface area contributed by atoms with Gasteiger partial charge in [-0.15, -0.1) is 11.3 Å². The van der Waals surface area contributed by atoms with E-state index in [1.54, 1.807) is 0 Å². The molecule has 0 aromatic carbocycles. The van der Waals surface area contributed by atoms with Crippen molar-refractivity contribution in [2.75, 3.05) is 5.75 Å². The van der Waals surface area contributed by atoms with E-state index in [-0.39, 0.29) is 5.75 Å². The molecule has 0 spiro atoms. The predicted octanol–water partition coefficient (Wildman–Crippen LogP) is 2.82. The first kappa shape index (κ1) is 11.3. The van der Waals surface area contributed by atoms with E-state index in [0.29, 0.717) is 11.4 Å². The highest BCUT2D eigenvalue weighted by atomic mass is 35.7. The Morgan fingerprint density at radius 1 is 1.54 bits per heavy atom. The molecule has 1 heterocycles. The van der Waals surface area contributed by atoms with Crippen LogP contribution in [0.5, 0.6) is 0 Å². The molecule has 6 heteroatoms. The second-order valence-corrected chi connectivity index (χ2v) is 6.89. The average Bonchev–Trinajstić information content (AvgIpc) is 2.29. The summed E-state index contributed by atoms with van der Waals surface area (Å²) in [4.78, 5) is 0.878. The monoisotopic (exact) mass is 258 g/mol. The maximum Gasteiger partial charge on any atom is 0.232 e. The zero-order chi connectivity index (χ0) is 10.1. The van der Waals surface area contributed by atoms with Gasteiger partial charge in [-0.3, -0.25) is 0 Å². The molecule has 0 aliphatic carbocycles. The van der Waals surface area contributed by atoms with Gasteiger partial charge >= 0.3 is 0 Å². The highest BCUT2D eigenvalue weighted by Gasteiger charge is 2.10. The standard InChI is InChI=1S/C7H8Cl2O2S2/c1-5-4-12-6(7(5)8)2-3-13(9,10)11/h4H,2-3H2,1H3. The van der Waals surface area contributed by atoms with E-state index in [1.165, 1.54) is 11.3 Å². The summed E-state index contributed by atoms with van der Waals surface area (Å²) in [5.41, 5.74) is 0.980. The summed E-state index contributed by atoms with van der Waals surface area (Å²) < 4.78 is 21.3. The van der Waals surface area contributed by atoms with Crippen molar-refractivity contribution in [2.45, 2.75) is 13.3 Å². The summed E-state index contributed by atoms with van der Waals surface area (Å²) in [7, 11) is 1.67. The van der Waals surface area contributed by atoms with Crippen LogP contribution in [0.4, 0.5) is 0 Å². The molecule has 0 atom stereocenters. The molecule has 0 N–H and O–H groups in total. The van der Waals surface area contributed by atoms with Crippen molar-refractivity contribution in [1.29, 1.82) is 0 Å². The second kappa shape index (κ2) is 4.17. The summed E-state index contributed by atoms with van der Waals surface area (Å²) >= 11 is 7.37. The van der Waals surface area contributed by atoms with Gasteiger partial charge in [0.25, 0.3) is 0 Å². The van der Waals surface area contributed by atoms with E-state index < -0.39 is 9.05 Å². The number of hydrogen-bond acceptors (Lipinski definition) is 3. The smallest absolute Gasteiger partial charge is 0.212 e. The van der Waals surface area contributed by atoms with Gasteiger partial charge in [0, 0.05) is 15.6 Å². The number of hydrogen-bond donors (Lipinski definition) is 0. The summed E-state index contributed by atoms with van der Waals surface area (Å²) in [5.74, 6) is -0.0613. The van der Waals surface area contributed by atoms with Crippen LogP contribution in [0.25, 0.3) is 0 Å². The topological polar surface area (TPSA) is 34.1 Å². The summed E-state index contributed by atoms with van der Waals surface area (Å²) in [5, 5.41) is 2.56. The maximum absolute atomic E-state index is 10.6. The molecule has 0 saturated carbocycles. The van der Waals surface area contributed by atoms with Crippen LogP contribution < -0.4 is 0 Å². The lowest BCUT2D eigenvalue weighted by Crippen LogP contribution is -1.99. The molecule has 0 unspecified atom stereocenters. The molecule has 1 rings (SSSR count). The largest absolute Gasteiger partial charge is 0.232 e. The fourth-order valence-electron chi connectivity index (χ4n) is 0.866. The molecule has 74 valence electrons. The summed E-state index contributed by atoms with van der Waals surface area (Å²) in [6.07, 6.45) is 0.392. The molecule has 0 bridgehead atoms. The zero-order valence-corrected chi connectivity index (χ0v) is 10.0. The summed E-state index contributed by atoms with van der Waals surface area (Å²) in [6.45, 7) is 1.89. The van der Waals surface area contributed by atoms with Gasteiger partial charge < -0.3 is 0 Å². The third kappa shape index (κ3) is 3.46. The number of aryl methyl sites for hydroxylation is 2. The molecule has 1 aromatic heterocycles. The van der Waals surface area contributed by atoms with Gasteiger partial charge in [-0.2, -0.15) is 0 Å². The lowest BCUT2D eigenvalue weighted by Gasteiger charge is -1.95. The van der Waals surface area contributed by atoms with E-state index in [4.69, 9.17) is 22.3 Å². The van der Waals surface area contributed by atoms with Crippen molar-refractivity contribution >= 4 is 42.7 Å². The Labute approximate surface area is 90.9 Å². The van der Waals surface area contributed by atoms with Crippen LogP contribution >= 0.6 is 33.6 Å². The minimum atomic E-state index is -3.41. The van der Waals surface area contributed by atoms with E-state index in [0.717, 1.165) is 10.4 Å². The fraction of sp³-hybridized carbons (Fsp3) is 0.429. The van der Waals surface area contributed by atoms with Gasteiger partial charge in [0.2, 0.25) is 9.05 Å². The van der Waals surface area contributed by atoms with Gasteiger partial charge in [-0.05, 0) is 24.3 Å². The molecule has 0 aliphatic heterocycles. The Kier molecular flexibility index (Phi) is 3.63. The van der Waals surface area contributed by atoms with Gasteiger partial charge in [0.1, 0.15) is 0 Å². The number of rotatable bonds is 3. The molecular weight excluding hydrogens is 251 g/mol. The lowest BCUT2D eigenvalue weighted by molar-refractivity contribution is 0.609. The molecule has 13 heavy (non-hydrogen) atoms. The SMILES string of the molecule is Cc1csc(CCS(=O)(=O)Cl)c1Cl. The fourth-order valence-corrected chi connectivity index (χ4v) is 2.94. The highest BCUT2D eigenvalue weighted by Crippen LogP contribution is 2.27. The minimum absolute atomic E-state index is 0.0613. The van der Waals surface area contributed by atoms with E-state index in [9.17, 15) is 8.42 Å². The highest BCUT2D eigenvalue weighted by molar-refractivity contribution is 8.13. The van der Waals surface area contributed by atoms with Crippen LogP contribution in [0.2, 0.25) is 5.02 Å². The molecule has 2 nitrogen and oxygen atoms in total. The maximum atomic E-state index is 10.6. The van der Waals surface area contributed by atoms with Crippen molar-refractivity contribution in [2.24, 2.45) is 0 Å². The number of thiophene rings is 1. The van der Waals surface area contributed by atoms with Crippen LogP contribution in [-0.4, -0.2) is 14.2 Å². The van der Waals surface area contributed by atoms with Gasteiger partial charge in [-0.25, -0.2) is 8.42 Å². The molecule has 0 amide bonds. The van der Waals surface area contributed by atoms with Crippen LogP contribution in [0.15, 0.2) is 5.38 Å². The molecule has 0 aliphatic rings. The molecule has 0 radical (unpaired) electrons. The first-order valence-electron chi connectivity index (χ1n) is 3.55. The Morgan fingerprint density at radius 3 is 2.54 bits per heavy atom. The third-order valence-corrected chi connectivity index (χ3v) is 4.50. The number of halogens is 2. The van der Waals surface area contributed by atoms with Crippen molar-refractivity contribution < 1.29 is 8.42 Å². The Bertz CT molecular complexity index is 395. The first-order valence-corrected chi connectivity index (χ1v) is 7.28. The third-order valence-electron chi connectivity index (χ3n) is 1.54. The van der Waals surface area contributed by atoms with Crippen LogP contribution in [-0.2, 0) is 15.5 Å². The Morgan fingerprint density at radius 2 is 2.15 bits per heavy atom.